The van der Waals surface area contributed by atoms with Crippen molar-refractivity contribution < 1.29 is 27.5 Å². The van der Waals surface area contributed by atoms with Crippen molar-refractivity contribution in [1.82, 2.24) is 4.98 Å². The number of hydrogen-bond acceptors (Lipinski definition) is 4. The quantitative estimate of drug-likeness (QED) is 0.292. The van der Waals surface area contributed by atoms with E-state index in [1.54, 1.807) is 0 Å². The molecule has 0 aliphatic carbocycles. The number of halogens is 3. The maximum atomic E-state index is 13.3. The number of oxazole rings is 1. The summed E-state index contributed by atoms with van der Waals surface area (Å²) in [7, 11) is 0. The average Bonchev–Trinajstić information content (AvgIpc) is 3.27. The van der Waals surface area contributed by atoms with Crippen LogP contribution in [0.4, 0.5) is 19.1 Å². The highest BCUT2D eigenvalue weighted by Gasteiger charge is 2.33. The van der Waals surface area contributed by atoms with E-state index in [1.165, 1.54) is 0 Å². The number of nitrogens with zero attached hydrogens (tertiary/aromatic N) is 1. The summed E-state index contributed by atoms with van der Waals surface area (Å²) < 4.78 is 45.0. The minimum Gasteiger partial charge on any atom is -0.508 e. The topological polar surface area (TPSA) is 75.4 Å². The number of amides is 1. The highest BCUT2D eigenvalue weighted by Crippen LogP contribution is 2.38. The van der Waals surface area contributed by atoms with Gasteiger partial charge in [0.1, 0.15) is 11.4 Å². The molecule has 4 rings (SSSR count). The van der Waals surface area contributed by atoms with Crippen LogP contribution in [-0.4, -0.2) is 16.0 Å². The molecule has 0 bridgehead atoms. The molecular formula is C27H23F3N2O3. The number of phenols is 1. The standard InChI is InChI=1S/C27H23F3N2O3/c1-2-9-21(20-15-14-19(16-22(20)33)27(28,29)30)24(34)32-26-23(17-10-5-3-6-11-17)31-25(35-26)18-12-7-4-8-13-18/h3-8,10-16,21,33H,2,9H2,1H3,(H,32,34). The van der Waals surface area contributed by atoms with Crippen molar-refractivity contribution in [2.45, 2.75) is 31.9 Å². The zero-order valence-corrected chi connectivity index (χ0v) is 18.8. The highest BCUT2D eigenvalue weighted by atomic mass is 19.4. The fourth-order valence-corrected chi connectivity index (χ4v) is 3.83. The van der Waals surface area contributed by atoms with Crippen LogP contribution in [0.15, 0.2) is 83.3 Å². The number of benzene rings is 3. The molecule has 4 aromatic rings. The maximum absolute atomic E-state index is 13.3. The Balaban J connectivity index is 1.70. The number of aromatic nitrogens is 1. The van der Waals surface area contributed by atoms with Crippen molar-refractivity contribution in [2.75, 3.05) is 5.32 Å². The second-order valence-electron chi connectivity index (χ2n) is 8.03. The molecule has 8 heteroatoms. The van der Waals surface area contributed by atoms with Crippen LogP contribution in [0.1, 0.15) is 36.8 Å². The average molecular weight is 480 g/mol. The fourth-order valence-electron chi connectivity index (χ4n) is 3.83. The summed E-state index contributed by atoms with van der Waals surface area (Å²) in [6.45, 7) is 1.85. The Bertz CT molecular complexity index is 1300. The van der Waals surface area contributed by atoms with Gasteiger partial charge in [-0.1, -0.05) is 67.9 Å². The largest absolute Gasteiger partial charge is 0.508 e. The van der Waals surface area contributed by atoms with Gasteiger partial charge in [0.05, 0.1) is 11.5 Å². The first kappa shape index (κ1) is 24.1. The van der Waals surface area contributed by atoms with E-state index in [2.05, 4.69) is 10.3 Å². The molecule has 5 nitrogen and oxygen atoms in total. The number of rotatable bonds is 7. The summed E-state index contributed by atoms with van der Waals surface area (Å²) in [5.41, 5.74) is 0.989. The molecule has 35 heavy (non-hydrogen) atoms. The highest BCUT2D eigenvalue weighted by molar-refractivity contribution is 5.98. The molecular weight excluding hydrogens is 457 g/mol. The van der Waals surface area contributed by atoms with E-state index in [0.29, 0.717) is 30.5 Å². The molecule has 0 saturated heterocycles. The van der Waals surface area contributed by atoms with Gasteiger partial charge in [-0.25, -0.2) is 4.98 Å². The zero-order valence-electron chi connectivity index (χ0n) is 18.8. The number of anilines is 1. The molecule has 0 spiro atoms. The van der Waals surface area contributed by atoms with Crippen molar-refractivity contribution in [2.24, 2.45) is 0 Å². The summed E-state index contributed by atoms with van der Waals surface area (Å²) in [5.74, 6) is -1.57. The molecule has 3 aromatic carbocycles. The summed E-state index contributed by atoms with van der Waals surface area (Å²) in [6, 6.07) is 21.0. The maximum Gasteiger partial charge on any atom is 0.416 e. The van der Waals surface area contributed by atoms with E-state index < -0.39 is 29.3 Å². The van der Waals surface area contributed by atoms with Gasteiger partial charge in [-0.3, -0.25) is 10.1 Å². The zero-order chi connectivity index (χ0) is 25.0. The predicted octanol–water partition coefficient (Wildman–Crippen LogP) is 7.26. The van der Waals surface area contributed by atoms with E-state index in [4.69, 9.17) is 4.42 Å². The van der Waals surface area contributed by atoms with Crippen molar-refractivity contribution in [3.8, 4) is 28.5 Å². The van der Waals surface area contributed by atoms with Gasteiger partial charge in [0.15, 0.2) is 0 Å². The number of nitrogens with one attached hydrogen (secondary N) is 1. The third-order valence-corrected chi connectivity index (χ3v) is 5.56. The van der Waals surface area contributed by atoms with Crippen LogP contribution in [-0.2, 0) is 11.0 Å². The number of aromatic hydroxyl groups is 1. The Labute approximate surface area is 200 Å². The number of carbonyl (C=O) groups is 1. The minimum atomic E-state index is -4.60. The smallest absolute Gasteiger partial charge is 0.416 e. The van der Waals surface area contributed by atoms with Crippen LogP contribution in [0.2, 0.25) is 0 Å². The Hall–Kier alpha value is -4.07. The van der Waals surface area contributed by atoms with E-state index in [1.807, 2.05) is 67.6 Å². The van der Waals surface area contributed by atoms with E-state index in [-0.39, 0.29) is 11.4 Å². The molecule has 0 radical (unpaired) electrons. The lowest BCUT2D eigenvalue weighted by molar-refractivity contribution is -0.137. The lowest BCUT2D eigenvalue weighted by atomic mass is 9.91. The second-order valence-corrected chi connectivity index (χ2v) is 8.03. The van der Waals surface area contributed by atoms with Crippen molar-refractivity contribution in [3.05, 3.63) is 90.0 Å². The van der Waals surface area contributed by atoms with Crippen molar-refractivity contribution >= 4 is 11.8 Å². The molecule has 1 atom stereocenters. The Morgan fingerprint density at radius 3 is 2.20 bits per heavy atom. The second kappa shape index (κ2) is 10.0. The van der Waals surface area contributed by atoms with Gasteiger partial charge in [0, 0.05) is 16.7 Å². The van der Waals surface area contributed by atoms with Crippen LogP contribution in [0, 0.1) is 0 Å². The molecule has 1 amide bonds. The normalized spacial score (nSPS) is 12.3. The lowest BCUT2D eigenvalue weighted by Crippen LogP contribution is -2.21. The molecule has 1 aromatic heterocycles. The van der Waals surface area contributed by atoms with Gasteiger partial charge < -0.3 is 9.52 Å². The van der Waals surface area contributed by atoms with E-state index >= 15 is 0 Å². The van der Waals surface area contributed by atoms with Gasteiger partial charge in [-0.2, -0.15) is 13.2 Å². The third kappa shape index (κ3) is 5.37. The molecule has 0 aliphatic rings. The summed E-state index contributed by atoms with van der Waals surface area (Å²) in [5, 5.41) is 13.1. The van der Waals surface area contributed by atoms with Crippen molar-refractivity contribution in [3.63, 3.8) is 0 Å². The number of alkyl halides is 3. The summed E-state index contributed by atoms with van der Waals surface area (Å²) in [6.07, 6.45) is -3.72. The first-order valence-corrected chi connectivity index (χ1v) is 11.1. The summed E-state index contributed by atoms with van der Waals surface area (Å²) >= 11 is 0. The van der Waals surface area contributed by atoms with Gasteiger partial charge in [0.2, 0.25) is 17.7 Å². The molecule has 2 N–H and O–H groups in total. The number of carbonyl (C=O) groups excluding carboxylic acids is 1. The Morgan fingerprint density at radius 2 is 1.63 bits per heavy atom. The summed E-state index contributed by atoms with van der Waals surface area (Å²) in [4.78, 5) is 17.9. The van der Waals surface area contributed by atoms with Crippen molar-refractivity contribution in [1.29, 1.82) is 0 Å². The van der Waals surface area contributed by atoms with Crippen LogP contribution in [0.3, 0.4) is 0 Å². The first-order valence-electron chi connectivity index (χ1n) is 11.1. The minimum absolute atomic E-state index is 0.112. The molecule has 1 unspecified atom stereocenters. The lowest BCUT2D eigenvalue weighted by Gasteiger charge is -2.18. The number of phenolic OH excluding ortho intramolecular Hbond substituents is 1. The SMILES string of the molecule is CCCC(C(=O)Nc1oc(-c2ccccc2)nc1-c1ccccc1)c1ccc(C(F)(F)F)cc1O. The van der Waals surface area contributed by atoms with Crippen LogP contribution in [0.25, 0.3) is 22.7 Å². The molecule has 0 saturated carbocycles. The van der Waals surface area contributed by atoms with Crippen LogP contribution >= 0.6 is 0 Å². The third-order valence-electron chi connectivity index (χ3n) is 5.56. The molecule has 0 aliphatic heterocycles. The fraction of sp³-hybridized carbons (Fsp3) is 0.185. The van der Waals surface area contributed by atoms with E-state index in [9.17, 15) is 23.1 Å². The van der Waals surface area contributed by atoms with E-state index in [0.717, 1.165) is 23.3 Å². The predicted molar refractivity (Wildman–Crippen MR) is 127 cm³/mol. The van der Waals surface area contributed by atoms with Gasteiger partial charge in [-0.15, -0.1) is 0 Å². The van der Waals surface area contributed by atoms with Gasteiger partial charge >= 0.3 is 6.18 Å². The van der Waals surface area contributed by atoms with Gasteiger partial charge in [-0.05, 0) is 30.7 Å². The monoisotopic (exact) mass is 480 g/mol. The molecule has 180 valence electrons. The molecule has 0 fully saturated rings. The first-order chi connectivity index (χ1) is 16.8. The van der Waals surface area contributed by atoms with Gasteiger partial charge in [0.25, 0.3) is 0 Å². The van der Waals surface area contributed by atoms with Crippen LogP contribution in [0.5, 0.6) is 5.75 Å². The molecule has 1 heterocycles. The number of hydrogen-bond donors (Lipinski definition) is 2. The Kier molecular flexibility index (Phi) is 6.91. The Morgan fingerprint density at radius 1 is 1.00 bits per heavy atom. The van der Waals surface area contributed by atoms with Crippen LogP contribution < -0.4 is 5.32 Å².